The van der Waals surface area contributed by atoms with Gasteiger partial charge in [-0.1, -0.05) is 31.4 Å². The molecule has 5 rings (SSSR count). The number of thioether (sulfide) groups is 1. The van der Waals surface area contributed by atoms with Crippen LogP contribution >= 0.6 is 11.8 Å². The first-order chi connectivity index (χ1) is 17.0. The SMILES string of the molecule is COc1ccc2nccc(/C=C/C3CCCCC3)c2n1.O=C(O)Nc1ccc2c(c1)NC(=O)CS2. The Labute approximate surface area is 208 Å². The zero-order chi connectivity index (χ0) is 24.6. The highest BCUT2D eigenvalue weighted by atomic mass is 32.2. The second-order valence-corrected chi connectivity index (χ2v) is 9.37. The summed E-state index contributed by atoms with van der Waals surface area (Å²) in [7, 11) is 1.64. The number of nitrogens with one attached hydrogen (secondary N) is 2. The summed E-state index contributed by atoms with van der Waals surface area (Å²) in [5.74, 6) is 1.69. The standard InChI is InChI=1S/C17H20N2O.C9H8N2O3S/c1-20-16-10-9-15-17(19-16)14(11-12-18-15)8-7-13-5-3-2-4-6-13;12-8-4-15-7-2-1-5(10-9(13)14)3-6(7)11-8/h7-13H,2-6H2,1H3;1-3,10H,4H2,(H,11,12)(H,13,14)/b8-7+;. The van der Waals surface area contributed by atoms with E-state index in [0.29, 0.717) is 23.0 Å². The summed E-state index contributed by atoms with van der Waals surface area (Å²) >= 11 is 1.44. The van der Waals surface area contributed by atoms with Gasteiger partial charge in [-0.15, -0.1) is 11.8 Å². The van der Waals surface area contributed by atoms with Crippen molar-refractivity contribution >= 4 is 52.2 Å². The second-order valence-electron chi connectivity index (χ2n) is 8.36. The number of methoxy groups -OCH3 is 1. The molecule has 9 heteroatoms. The first-order valence-corrected chi connectivity index (χ1v) is 12.5. The van der Waals surface area contributed by atoms with Crippen LogP contribution in [0.25, 0.3) is 17.1 Å². The average molecular weight is 493 g/mol. The van der Waals surface area contributed by atoms with Crippen molar-refractivity contribution in [1.29, 1.82) is 0 Å². The molecule has 3 heterocycles. The molecule has 0 radical (unpaired) electrons. The number of ether oxygens (including phenoxy) is 1. The lowest BCUT2D eigenvalue weighted by Crippen LogP contribution is -2.19. The van der Waals surface area contributed by atoms with Gasteiger partial charge in [-0.2, -0.15) is 0 Å². The lowest BCUT2D eigenvalue weighted by molar-refractivity contribution is -0.113. The maximum absolute atomic E-state index is 11.1. The number of anilines is 2. The fraction of sp³-hybridized carbons (Fsp3) is 0.308. The molecule has 182 valence electrons. The summed E-state index contributed by atoms with van der Waals surface area (Å²) in [6, 6.07) is 10.9. The number of amides is 2. The summed E-state index contributed by atoms with van der Waals surface area (Å²) in [4.78, 5) is 31.3. The van der Waals surface area contributed by atoms with Gasteiger partial charge in [0.25, 0.3) is 0 Å². The van der Waals surface area contributed by atoms with Gasteiger partial charge in [0, 0.05) is 28.4 Å². The molecule has 0 saturated heterocycles. The highest BCUT2D eigenvalue weighted by Gasteiger charge is 2.15. The van der Waals surface area contributed by atoms with E-state index < -0.39 is 6.09 Å². The Balaban J connectivity index is 0.000000172. The zero-order valence-corrected chi connectivity index (χ0v) is 20.3. The largest absolute Gasteiger partial charge is 0.481 e. The van der Waals surface area contributed by atoms with E-state index in [0.717, 1.165) is 27.4 Å². The van der Waals surface area contributed by atoms with Crippen LogP contribution in [0, 0.1) is 5.92 Å². The third-order valence-corrected chi connectivity index (χ3v) is 6.93. The maximum Gasteiger partial charge on any atom is 0.409 e. The van der Waals surface area contributed by atoms with Gasteiger partial charge < -0.3 is 15.2 Å². The van der Waals surface area contributed by atoms with E-state index in [1.54, 1.807) is 25.3 Å². The van der Waals surface area contributed by atoms with Gasteiger partial charge in [0.05, 0.1) is 29.6 Å². The van der Waals surface area contributed by atoms with Crippen molar-refractivity contribution in [3.8, 4) is 5.88 Å². The first kappa shape index (κ1) is 24.5. The Morgan fingerprint density at radius 2 is 2.03 bits per heavy atom. The summed E-state index contributed by atoms with van der Waals surface area (Å²) < 4.78 is 5.21. The number of nitrogens with zero attached hydrogens (tertiary/aromatic N) is 2. The van der Waals surface area contributed by atoms with Crippen LogP contribution in [0.2, 0.25) is 0 Å². The van der Waals surface area contributed by atoms with Crippen molar-refractivity contribution in [1.82, 2.24) is 9.97 Å². The minimum Gasteiger partial charge on any atom is -0.481 e. The molecule has 2 aliphatic rings. The Hall–Kier alpha value is -3.59. The number of carbonyl (C=O) groups is 2. The van der Waals surface area contributed by atoms with Crippen molar-refractivity contribution in [3.63, 3.8) is 0 Å². The van der Waals surface area contributed by atoms with Crippen LogP contribution in [-0.4, -0.2) is 39.9 Å². The molecule has 3 N–H and O–H groups in total. The van der Waals surface area contributed by atoms with Crippen LogP contribution < -0.4 is 15.4 Å². The molecule has 8 nitrogen and oxygen atoms in total. The van der Waals surface area contributed by atoms with Crippen molar-refractivity contribution in [3.05, 3.63) is 54.2 Å². The predicted octanol–water partition coefficient (Wildman–Crippen LogP) is 6.05. The second kappa shape index (κ2) is 11.7. The topological polar surface area (TPSA) is 113 Å². The van der Waals surface area contributed by atoms with Gasteiger partial charge >= 0.3 is 6.09 Å². The highest BCUT2D eigenvalue weighted by Crippen LogP contribution is 2.33. The van der Waals surface area contributed by atoms with Crippen molar-refractivity contribution in [2.24, 2.45) is 5.92 Å². The predicted molar refractivity (Wildman–Crippen MR) is 139 cm³/mol. The molecular formula is C26H28N4O4S. The molecule has 1 aromatic carbocycles. The van der Waals surface area contributed by atoms with Crippen LogP contribution in [-0.2, 0) is 4.79 Å². The number of allylic oxidation sites excluding steroid dienone is 1. The normalized spacial score (nSPS) is 15.6. The number of aromatic nitrogens is 2. The van der Waals surface area contributed by atoms with E-state index in [2.05, 4.69) is 32.8 Å². The monoisotopic (exact) mass is 492 g/mol. The number of carboxylic acid groups (broad SMARTS) is 1. The quantitative estimate of drug-likeness (QED) is 0.406. The summed E-state index contributed by atoms with van der Waals surface area (Å²) in [5.41, 5.74) is 4.06. The molecule has 35 heavy (non-hydrogen) atoms. The first-order valence-electron chi connectivity index (χ1n) is 11.6. The molecule has 1 aliphatic heterocycles. The highest BCUT2D eigenvalue weighted by molar-refractivity contribution is 8.00. The van der Waals surface area contributed by atoms with Gasteiger partial charge in [-0.3, -0.25) is 15.1 Å². The summed E-state index contributed by atoms with van der Waals surface area (Å²) in [6.45, 7) is 0. The van der Waals surface area contributed by atoms with Gasteiger partial charge in [0.1, 0.15) is 0 Å². The van der Waals surface area contributed by atoms with E-state index in [1.807, 2.05) is 24.4 Å². The van der Waals surface area contributed by atoms with E-state index in [-0.39, 0.29) is 5.91 Å². The number of carbonyl (C=O) groups excluding carboxylic acids is 1. The van der Waals surface area contributed by atoms with Gasteiger partial charge in [-0.05, 0) is 49.1 Å². The number of pyridine rings is 2. The molecule has 2 aromatic heterocycles. The molecule has 1 fully saturated rings. The maximum atomic E-state index is 11.1. The Bertz CT molecular complexity index is 1240. The number of fused-ring (bicyclic) bond motifs is 2. The number of benzene rings is 1. The fourth-order valence-corrected chi connectivity index (χ4v) is 4.91. The summed E-state index contributed by atoms with van der Waals surface area (Å²) in [5, 5.41) is 13.4. The van der Waals surface area contributed by atoms with Crippen LogP contribution in [0.1, 0.15) is 37.7 Å². The van der Waals surface area contributed by atoms with Gasteiger partial charge in [0.2, 0.25) is 11.8 Å². The van der Waals surface area contributed by atoms with Crippen LogP contribution in [0.3, 0.4) is 0 Å². The molecule has 3 aromatic rings. The Morgan fingerprint density at radius 1 is 1.20 bits per heavy atom. The molecule has 0 bridgehead atoms. The molecule has 0 unspecified atom stereocenters. The molecular weight excluding hydrogens is 464 g/mol. The average Bonchev–Trinajstić information content (AvgIpc) is 2.87. The minimum atomic E-state index is -1.12. The number of hydrogen-bond donors (Lipinski definition) is 3. The molecule has 1 aliphatic carbocycles. The third-order valence-electron chi connectivity index (χ3n) is 5.86. The number of hydrogen-bond acceptors (Lipinski definition) is 6. The third kappa shape index (κ3) is 6.73. The Kier molecular flexibility index (Phi) is 8.20. The van der Waals surface area contributed by atoms with E-state index in [1.165, 1.54) is 43.9 Å². The smallest absolute Gasteiger partial charge is 0.409 e. The number of rotatable bonds is 4. The van der Waals surface area contributed by atoms with Gasteiger partial charge in [-0.25, -0.2) is 9.78 Å². The lowest BCUT2D eigenvalue weighted by atomic mass is 9.89. The summed E-state index contributed by atoms with van der Waals surface area (Å²) in [6.07, 6.45) is 12.0. The van der Waals surface area contributed by atoms with E-state index >= 15 is 0 Å². The van der Waals surface area contributed by atoms with Crippen LogP contribution in [0.15, 0.2) is 53.6 Å². The minimum absolute atomic E-state index is 0.0695. The van der Waals surface area contributed by atoms with Crippen molar-refractivity contribution in [2.45, 2.75) is 37.0 Å². The van der Waals surface area contributed by atoms with Crippen molar-refractivity contribution < 1.29 is 19.4 Å². The Morgan fingerprint density at radius 3 is 2.80 bits per heavy atom. The van der Waals surface area contributed by atoms with Crippen LogP contribution in [0.5, 0.6) is 5.88 Å². The fourth-order valence-electron chi connectivity index (χ4n) is 4.13. The van der Waals surface area contributed by atoms with E-state index in [4.69, 9.17) is 9.84 Å². The lowest BCUT2D eigenvalue weighted by Gasteiger charge is -2.17. The van der Waals surface area contributed by atoms with E-state index in [9.17, 15) is 9.59 Å². The zero-order valence-electron chi connectivity index (χ0n) is 19.5. The van der Waals surface area contributed by atoms with Gasteiger partial charge in [0.15, 0.2) is 0 Å². The van der Waals surface area contributed by atoms with Crippen LogP contribution in [0.4, 0.5) is 16.2 Å². The molecule has 1 saturated carbocycles. The van der Waals surface area contributed by atoms with Crippen molar-refractivity contribution in [2.75, 3.05) is 23.5 Å². The molecule has 2 amide bonds. The molecule has 0 spiro atoms. The molecule has 0 atom stereocenters.